The zero-order valence-corrected chi connectivity index (χ0v) is 17.4. The maximum atomic E-state index is 5.59. The first-order valence-electron chi connectivity index (χ1n) is 10.2. The van der Waals surface area contributed by atoms with Crippen LogP contribution in [0, 0.1) is 18.8 Å². The van der Waals surface area contributed by atoms with Crippen molar-refractivity contribution < 1.29 is 18.9 Å². The third kappa shape index (κ3) is 14.5. The van der Waals surface area contributed by atoms with Crippen LogP contribution in [-0.4, -0.2) is 64.3 Å². The third-order valence-electron chi connectivity index (χ3n) is 4.07. The van der Waals surface area contributed by atoms with Crippen LogP contribution in [0.25, 0.3) is 0 Å². The summed E-state index contributed by atoms with van der Waals surface area (Å²) in [5.41, 5.74) is 2.18. The van der Waals surface area contributed by atoms with E-state index in [-0.39, 0.29) is 0 Å². The largest absolute Gasteiger partial charge is 0.379 e. The number of rotatable bonds is 20. The van der Waals surface area contributed by atoms with Gasteiger partial charge in [0.25, 0.3) is 0 Å². The predicted molar refractivity (Wildman–Crippen MR) is 114 cm³/mol. The van der Waals surface area contributed by atoms with E-state index in [0.717, 1.165) is 31.6 Å². The lowest BCUT2D eigenvalue weighted by Crippen LogP contribution is -2.14. The van der Waals surface area contributed by atoms with Crippen LogP contribution in [0.1, 0.15) is 32.6 Å². The standard InChI is InChI=1S/C23H36NO4/c1-4-7-8-12-24(6-3)20-22(5-2)21-28-19-18-27-17-16-26-15-14-25-13-11-23-9-10-23/h2,6,9-10,20H,3-4,7-8,11-19,21H2,1H3/b22-20+. The molecule has 0 aromatic rings. The van der Waals surface area contributed by atoms with Gasteiger partial charge >= 0.3 is 0 Å². The van der Waals surface area contributed by atoms with Gasteiger partial charge in [0.1, 0.15) is 0 Å². The lowest BCUT2D eigenvalue weighted by atomic mass is 10.2. The van der Waals surface area contributed by atoms with Crippen LogP contribution in [0.3, 0.4) is 0 Å². The average molecular weight is 391 g/mol. The zero-order valence-electron chi connectivity index (χ0n) is 17.4. The van der Waals surface area contributed by atoms with Gasteiger partial charge in [-0.15, -0.1) is 6.42 Å². The maximum absolute atomic E-state index is 5.59. The van der Waals surface area contributed by atoms with Crippen molar-refractivity contribution >= 4 is 0 Å². The van der Waals surface area contributed by atoms with E-state index < -0.39 is 0 Å². The number of nitrogens with zero attached hydrogens (tertiary/aromatic N) is 1. The molecule has 5 heteroatoms. The summed E-state index contributed by atoms with van der Waals surface area (Å²) in [4.78, 5) is 2.02. The van der Waals surface area contributed by atoms with Gasteiger partial charge in [-0.05, 0) is 19.0 Å². The summed E-state index contributed by atoms with van der Waals surface area (Å²) in [6, 6.07) is 0. The molecule has 0 saturated carbocycles. The fourth-order valence-corrected chi connectivity index (χ4v) is 2.33. The minimum absolute atomic E-state index is 0.403. The SMILES string of the molecule is C#C/C(=C\N(C=C)CCCCC)COCCOCCOCCOCCC1=C[CH]1. The molecule has 0 fully saturated rings. The second-order valence-electron chi connectivity index (χ2n) is 6.47. The lowest BCUT2D eigenvalue weighted by molar-refractivity contribution is 0.000977. The highest BCUT2D eigenvalue weighted by Crippen LogP contribution is 2.19. The van der Waals surface area contributed by atoms with Crippen molar-refractivity contribution in [1.29, 1.82) is 0 Å². The Kier molecular flexibility index (Phi) is 15.3. The normalized spacial score (nSPS) is 13.1. The molecule has 0 spiro atoms. The predicted octanol–water partition coefficient (Wildman–Crippen LogP) is 3.74. The van der Waals surface area contributed by atoms with E-state index in [4.69, 9.17) is 25.4 Å². The molecule has 0 saturated heterocycles. The molecule has 1 radical (unpaired) electrons. The summed E-state index contributed by atoms with van der Waals surface area (Å²) < 4.78 is 22.0. The van der Waals surface area contributed by atoms with E-state index in [1.807, 2.05) is 11.1 Å². The number of ether oxygens (including phenoxy) is 4. The molecule has 1 rings (SSSR count). The molecule has 157 valence electrons. The topological polar surface area (TPSA) is 40.2 Å². The number of unbranched alkanes of at least 4 members (excludes halogenated alkanes) is 2. The second-order valence-corrected chi connectivity index (χ2v) is 6.47. The van der Waals surface area contributed by atoms with Crippen LogP contribution in [0.2, 0.25) is 0 Å². The molecule has 28 heavy (non-hydrogen) atoms. The molecular weight excluding hydrogens is 354 g/mol. The third-order valence-corrected chi connectivity index (χ3v) is 4.07. The molecule has 5 nitrogen and oxygen atoms in total. The summed E-state index contributed by atoms with van der Waals surface area (Å²) in [5.74, 6) is 2.68. The highest BCUT2D eigenvalue weighted by Gasteiger charge is 2.06. The zero-order chi connectivity index (χ0) is 20.3. The van der Waals surface area contributed by atoms with Crippen molar-refractivity contribution in [2.75, 3.05) is 59.4 Å². The average Bonchev–Trinajstić information content (AvgIpc) is 3.53. The van der Waals surface area contributed by atoms with Crippen molar-refractivity contribution in [3.63, 3.8) is 0 Å². The van der Waals surface area contributed by atoms with Crippen LogP contribution >= 0.6 is 0 Å². The molecular formula is C23H36NO4. The van der Waals surface area contributed by atoms with Gasteiger partial charge in [-0.3, -0.25) is 0 Å². The summed E-state index contributed by atoms with van der Waals surface area (Å²) in [6.45, 7) is 11.4. The molecule has 0 heterocycles. The molecule has 0 unspecified atom stereocenters. The smallest absolute Gasteiger partial charge is 0.0810 e. The van der Waals surface area contributed by atoms with Crippen molar-refractivity contribution in [3.05, 3.63) is 42.6 Å². The van der Waals surface area contributed by atoms with E-state index in [0.29, 0.717) is 46.2 Å². The van der Waals surface area contributed by atoms with Gasteiger partial charge in [0.2, 0.25) is 0 Å². The Morgan fingerprint density at radius 2 is 1.64 bits per heavy atom. The molecule has 0 atom stereocenters. The Morgan fingerprint density at radius 3 is 2.18 bits per heavy atom. The highest BCUT2D eigenvalue weighted by molar-refractivity contribution is 5.38. The first-order valence-corrected chi connectivity index (χ1v) is 10.2. The maximum Gasteiger partial charge on any atom is 0.0810 e. The van der Waals surface area contributed by atoms with E-state index in [2.05, 4.69) is 31.9 Å². The van der Waals surface area contributed by atoms with E-state index in [1.54, 1.807) is 6.20 Å². The van der Waals surface area contributed by atoms with Crippen molar-refractivity contribution in [1.82, 2.24) is 4.90 Å². The fraction of sp³-hybridized carbons (Fsp3) is 0.609. The fourth-order valence-electron chi connectivity index (χ4n) is 2.33. The Balaban J connectivity index is 1.92. The van der Waals surface area contributed by atoms with Crippen LogP contribution in [0.15, 0.2) is 36.2 Å². The van der Waals surface area contributed by atoms with Gasteiger partial charge in [0, 0.05) is 24.7 Å². The first-order chi connectivity index (χ1) is 13.8. The van der Waals surface area contributed by atoms with Gasteiger partial charge in [0.15, 0.2) is 0 Å². The van der Waals surface area contributed by atoms with Crippen LogP contribution in [0.4, 0.5) is 0 Å². The molecule has 1 aliphatic carbocycles. The van der Waals surface area contributed by atoms with Crippen LogP contribution in [-0.2, 0) is 18.9 Å². The highest BCUT2D eigenvalue weighted by atomic mass is 16.6. The number of hydrogen-bond acceptors (Lipinski definition) is 5. The molecule has 0 amide bonds. The second kappa shape index (κ2) is 17.5. The minimum Gasteiger partial charge on any atom is -0.379 e. The Morgan fingerprint density at radius 1 is 1.04 bits per heavy atom. The van der Waals surface area contributed by atoms with Gasteiger partial charge < -0.3 is 23.8 Å². The summed E-state index contributed by atoms with van der Waals surface area (Å²) in [6.07, 6.45) is 18.0. The molecule has 1 aliphatic rings. The molecule has 0 bridgehead atoms. The summed E-state index contributed by atoms with van der Waals surface area (Å²) >= 11 is 0. The van der Waals surface area contributed by atoms with Crippen LogP contribution < -0.4 is 0 Å². The summed E-state index contributed by atoms with van der Waals surface area (Å²) in [7, 11) is 0. The van der Waals surface area contributed by atoms with Gasteiger partial charge in [-0.2, -0.15) is 0 Å². The van der Waals surface area contributed by atoms with Crippen molar-refractivity contribution in [2.24, 2.45) is 0 Å². The van der Waals surface area contributed by atoms with E-state index in [9.17, 15) is 0 Å². The first kappa shape index (κ1) is 24.5. The number of hydrogen-bond donors (Lipinski definition) is 0. The Labute approximate surface area is 171 Å². The molecule has 0 aliphatic heterocycles. The van der Waals surface area contributed by atoms with Gasteiger partial charge in [0.05, 0.1) is 52.9 Å². The minimum atomic E-state index is 0.403. The Bertz CT molecular complexity index is 507. The van der Waals surface area contributed by atoms with Crippen molar-refractivity contribution in [3.8, 4) is 12.3 Å². The van der Waals surface area contributed by atoms with E-state index in [1.165, 1.54) is 18.4 Å². The number of terminal acetylenes is 1. The van der Waals surface area contributed by atoms with Gasteiger partial charge in [-0.25, -0.2) is 0 Å². The van der Waals surface area contributed by atoms with Crippen LogP contribution in [0.5, 0.6) is 0 Å². The van der Waals surface area contributed by atoms with Gasteiger partial charge in [-0.1, -0.05) is 43.9 Å². The quantitative estimate of drug-likeness (QED) is 0.234. The number of allylic oxidation sites excluding steroid dienone is 1. The molecule has 0 aromatic heterocycles. The van der Waals surface area contributed by atoms with Crippen molar-refractivity contribution in [2.45, 2.75) is 32.6 Å². The molecule has 0 aromatic carbocycles. The lowest BCUT2D eigenvalue weighted by Gasteiger charge is -2.16. The summed E-state index contributed by atoms with van der Waals surface area (Å²) in [5, 5.41) is 0. The monoisotopic (exact) mass is 390 g/mol. The van der Waals surface area contributed by atoms with E-state index >= 15 is 0 Å². The Hall–Kier alpha value is -1.58. The molecule has 0 N–H and O–H groups in total.